The summed E-state index contributed by atoms with van der Waals surface area (Å²) in [5.41, 5.74) is 0. The predicted octanol–water partition coefficient (Wildman–Crippen LogP) is 16.6. The van der Waals surface area contributed by atoms with Gasteiger partial charge in [0, 0.05) is 6.42 Å². The first-order valence-electron chi connectivity index (χ1n) is 27.2. The van der Waals surface area contributed by atoms with Gasteiger partial charge in [-0.25, -0.2) is 0 Å². The third-order valence-electron chi connectivity index (χ3n) is 12.0. The van der Waals surface area contributed by atoms with Crippen molar-refractivity contribution < 1.29 is 24.5 Å². The number of esters is 1. The number of nitrogens with one attached hydrogen (secondary N) is 1. The minimum atomic E-state index is -0.807. The highest BCUT2D eigenvalue weighted by Crippen LogP contribution is 2.17. The second-order valence-corrected chi connectivity index (χ2v) is 18.3. The summed E-state index contributed by atoms with van der Waals surface area (Å²) in [4.78, 5) is 26.2. The fraction of sp³-hybridized carbons (Fsp3) is 0.759. The molecule has 0 saturated heterocycles. The summed E-state index contributed by atoms with van der Waals surface area (Å²) >= 11 is 0. The van der Waals surface area contributed by atoms with Crippen LogP contribution in [-0.4, -0.2) is 46.9 Å². The molecule has 0 radical (unpaired) electrons. The molecule has 6 nitrogen and oxygen atoms in total. The maximum Gasteiger partial charge on any atom is 0.306 e. The number of allylic oxidation sites excluding steroid dienone is 12. The molecule has 3 atom stereocenters. The molecule has 64 heavy (non-hydrogen) atoms. The average Bonchev–Trinajstić information content (AvgIpc) is 3.29. The monoisotopic (exact) mass is 894 g/mol. The summed E-state index contributed by atoms with van der Waals surface area (Å²) in [6.45, 7) is 6.43. The third kappa shape index (κ3) is 45.9. The van der Waals surface area contributed by atoms with E-state index in [0.29, 0.717) is 19.3 Å². The molecule has 0 heterocycles. The third-order valence-corrected chi connectivity index (χ3v) is 12.0. The summed E-state index contributed by atoms with van der Waals surface area (Å²) in [5.74, 6) is -0.557. The van der Waals surface area contributed by atoms with Crippen LogP contribution in [0, 0.1) is 0 Å². The van der Waals surface area contributed by atoms with Crippen LogP contribution in [0.25, 0.3) is 0 Å². The van der Waals surface area contributed by atoms with E-state index < -0.39 is 18.2 Å². The van der Waals surface area contributed by atoms with Crippen LogP contribution in [0.4, 0.5) is 0 Å². The second-order valence-electron chi connectivity index (χ2n) is 18.3. The Kier molecular flexibility index (Phi) is 49.1. The van der Waals surface area contributed by atoms with Crippen LogP contribution in [-0.2, 0) is 14.3 Å². The number of carbonyl (C=O) groups excluding carboxylic acids is 2. The van der Waals surface area contributed by atoms with E-state index >= 15 is 0 Å². The Hall–Kier alpha value is -2.70. The molecule has 0 aliphatic heterocycles. The highest BCUT2D eigenvalue weighted by molar-refractivity contribution is 5.77. The van der Waals surface area contributed by atoms with Crippen LogP contribution in [0.3, 0.4) is 0 Å². The predicted molar refractivity (Wildman–Crippen MR) is 278 cm³/mol. The number of ether oxygens (including phenoxy) is 1. The minimum Gasteiger partial charge on any atom is -0.462 e. The van der Waals surface area contributed by atoms with E-state index in [1.807, 2.05) is 0 Å². The highest BCUT2D eigenvalue weighted by Gasteiger charge is 2.24. The van der Waals surface area contributed by atoms with Crippen molar-refractivity contribution >= 4 is 11.9 Å². The lowest BCUT2D eigenvalue weighted by molar-refractivity contribution is -0.151. The van der Waals surface area contributed by atoms with E-state index in [9.17, 15) is 19.8 Å². The van der Waals surface area contributed by atoms with Crippen LogP contribution in [0.2, 0.25) is 0 Å². The molecule has 370 valence electrons. The van der Waals surface area contributed by atoms with Gasteiger partial charge in [-0.3, -0.25) is 9.59 Å². The fourth-order valence-corrected chi connectivity index (χ4v) is 7.88. The molecular formula is C58H103NO5. The van der Waals surface area contributed by atoms with Gasteiger partial charge < -0.3 is 20.3 Å². The Morgan fingerprint density at radius 3 is 1.36 bits per heavy atom. The maximum atomic E-state index is 13.2. The van der Waals surface area contributed by atoms with Crippen molar-refractivity contribution in [3.8, 4) is 0 Å². The number of carbonyl (C=O) groups is 2. The summed E-state index contributed by atoms with van der Waals surface area (Å²) in [6.07, 6.45) is 65.4. The van der Waals surface area contributed by atoms with E-state index in [4.69, 9.17) is 4.74 Å². The van der Waals surface area contributed by atoms with Crippen LogP contribution in [0.15, 0.2) is 72.9 Å². The molecule has 0 aromatic carbocycles. The number of unbranched alkanes of at least 4 members (excludes halogenated alkanes) is 25. The molecule has 0 saturated carbocycles. The molecule has 0 aliphatic carbocycles. The van der Waals surface area contributed by atoms with Gasteiger partial charge in [-0.05, 0) is 89.9 Å². The minimum absolute atomic E-state index is 0.0295. The van der Waals surface area contributed by atoms with Gasteiger partial charge in [0.15, 0.2) is 0 Å². The van der Waals surface area contributed by atoms with Crippen molar-refractivity contribution in [2.75, 3.05) is 6.61 Å². The summed E-state index contributed by atoms with van der Waals surface area (Å²) in [6, 6.07) is -0.725. The topological polar surface area (TPSA) is 95.9 Å². The van der Waals surface area contributed by atoms with E-state index in [1.165, 1.54) is 128 Å². The van der Waals surface area contributed by atoms with Crippen LogP contribution in [0.1, 0.15) is 258 Å². The Bertz CT molecular complexity index is 1190. The van der Waals surface area contributed by atoms with E-state index in [1.54, 1.807) is 0 Å². The summed E-state index contributed by atoms with van der Waals surface area (Å²) in [7, 11) is 0. The molecular weight excluding hydrogens is 791 g/mol. The number of aliphatic hydroxyl groups is 2. The zero-order valence-electron chi connectivity index (χ0n) is 42.1. The molecule has 0 aliphatic rings. The first-order chi connectivity index (χ1) is 31.5. The molecule has 0 spiro atoms. The first kappa shape index (κ1) is 61.3. The number of aliphatic hydroxyl groups excluding tert-OH is 2. The smallest absolute Gasteiger partial charge is 0.306 e. The molecule has 6 heteroatoms. The van der Waals surface area contributed by atoms with E-state index in [-0.39, 0.29) is 24.9 Å². The SMILES string of the molecule is CCCCC/C=C\C/C=C\C/C=C\C/C=C\CCCCCC(=O)OC(CCC/C=C/C=C/CCCCCCCCC)CC(=O)NC(CO)C(O)CCCCCCCCCCCCCC. The first-order valence-corrected chi connectivity index (χ1v) is 27.2. The van der Waals surface area contributed by atoms with Crippen molar-refractivity contribution in [2.45, 2.75) is 277 Å². The lowest BCUT2D eigenvalue weighted by atomic mass is 10.0. The van der Waals surface area contributed by atoms with E-state index in [2.05, 4.69) is 99.0 Å². The standard InChI is InChI=1S/C58H103NO5/c1-4-7-10-13-16-19-22-25-27-28-29-30-31-33-36-39-42-45-48-51-58(63)64-54(49-46-43-40-37-34-32-26-23-20-17-14-11-8-5-2)52-57(62)59-55(53-60)56(61)50-47-44-41-38-35-24-21-18-15-12-9-6-3/h16,19,25,27,29-30,32-34,36-37,40,54-56,60-61H,4-15,17-18,20-24,26,28,31,35,38-39,41-53H2,1-3H3,(H,59,62)/b19-16-,27-25-,30-29-,34-32+,36-33-,40-37+. The summed E-state index contributed by atoms with van der Waals surface area (Å²) in [5, 5.41) is 23.8. The maximum absolute atomic E-state index is 13.2. The average molecular weight is 894 g/mol. The Morgan fingerprint density at radius 2 is 0.859 bits per heavy atom. The van der Waals surface area contributed by atoms with Crippen molar-refractivity contribution in [1.29, 1.82) is 0 Å². The number of rotatable bonds is 48. The number of amides is 1. The number of hydrogen-bond donors (Lipinski definition) is 3. The van der Waals surface area contributed by atoms with Crippen molar-refractivity contribution in [1.82, 2.24) is 5.32 Å². The van der Waals surface area contributed by atoms with Gasteiger partial charge in [-0.15, -0.1) is 0 Å². The molecule has 3 unspecified atom stereocenters. The van der Waals surface area contributed by atoms with Gasteiger partial charge in [-0.2, -0.15) is 0 Å². The molecule has 3 N–H and O–H groups in total. The zero-order chi connectivity index (χ0) is 46.7. The van der Waals surface area contributed by atoms with Crippen molar-refractivity contribution in [3.05, 3.63) is 72.9 Å². The zero-order valence-corrected chi connectivity index (χ0v) is 42.1. The van der Waals surface area contributed by atoms with Gasteiger partial charge in [0.05, 0.1) is 25.2 Å². The van der Waals surface area contributed by atoms with Gasteiger partial charge in [0.2, 0.25) is 5.91 Å². The van der Waals surface area contributed by atoms with Crippen molar-refractivity contribution in [3.63, 3.8) is 0 Å². The Balaban J connectivity index is 4.69. The molecule has 0 rings (SSSR count). The highest BCUT2D eigenvalue weighted by atomic mass is 16.5. The van der Waals surface area contributed by atoms with Crippen LogP contribution < -0.4 is 5.32 Å². The van der Waals surface area contributed by atoms with Gasteiger partial charge in [0.25, 0.3) is 0 Å². The van der Waals surface area contributed by atoms with Crippen LogP contribution in [0.5, 0.6) is 0 Å². The van der Waals surface area contributed by atoms with E-state index in [0.717, 1.165) is 83.5 Å². The summed E-state index contributed by atoms with van der Waals surface area (Å²) < 4.78 is 5.90. The number of hydrogen-bond acceptors (Lipinski definition) is 5. The molecule has 0 fully saturated rings. The lowest BCUT2D eigenvalue weighted by Gasteiger charge is -2.24. The van der Waals surface area contributed by atoms with Gasteiger partial charge in [-0.1, -0.05) is 229 Å². The van der Waals surface area contributed by atoms with Gasteiger partial charge >= 0.3 is 5.97 Å². The molecule has 0 bridgehead atoms. The Morgan fingerprint density at radius 1 is 0.469 bits per heavy atom. The van der Waals surface area contributed by atoms with Crippen LogP contribution >= 0.6 is 0 Å². The largest absolute Gasteiger partial charge is 0.462 e. The Labute approximate surface area is 396 Å². The normalized spacial score (nSPS) is 13.8. The molecule has 0 aromatic heterocycles. The van der Waals surface area contributed by atoms with Gasteiger partial charge in [0.1, 0.15) is 6.10 Å². The second kappa shape index (κ2) is 51.3. The fourth-order valence-electron chi connectivity index (χ4n) is 7.88. The molecule has 1 amide bonds. The molecule has 0 aromatic rings. The quantitative estimate of drug-likeness (QED) is 0.0245. The van der Waals surface area contributed by atoms with Crippen molar-refractivity contribution in [2.24, 2.45) is 0 Å². The lowest BCUT2D eigenvalue weighted by Crippen LogP contribution is -2.46.